The second-order valence-corrected chi connectivity index (χ2v) is 22.1. The Bertz CT molecular complexity index is 4100. The van der Waals surface area contributed by atoms with Crippen LogP contribution in [0.15, 0.2) is 203 Å². The molecule has 2 heterocycles. The van der Waals surface area contributed by atoms with Crippen molar-refractivity contribution in [3.05, 3.63) is 216 Å². The van der Waals surface area contributed by atoms with E-state index >= 15 is 0 Å². The van der Waals surface area contributed by atoms with Crippen LogP contribution in [0.1, 0.15) is 77.6 Å². The molecule has 4 heteroatoms. The van der Waals surface area contributed by atoms with Gasteiger partial charge in [0.15, 0.2) is 11.2 Å². The molecule has 0 bridgehead atoms. The molecule has 0 saturated heterocycles. The average molecular weight is 921 g/mol. The number of nitrogens with zero attached hydrogens (tertiary/aromatic N) is 2. The van der Waals surface area contributed by atoms with Crippen LogP contribution in [0, 0.1) is 0 Å². The number of fused-ring (bicyclic) bond motifs is 12. The number of benzene rings is 10. The Labute approximate surface area is 415 Å². The van der Waals surface area contributed by atoms with Gasteiger partial charge in [0, 0.05) is 60.5 Å². The molecule has 12 aromatic rings. The zero-order chi connectivity index (χ0) is 48.6. The largest absolute Gasteiger partial charge is 0.454 e. The molecule has 0 fully saturated rings. The number of furan rings is 2. The first-order valence-corrected chi connectivity index (χ1v) is 25.0. The maximum atomic E-state index is 7.09. The van der Waals surface area contributed by atoms with E-state index in [1.807, 2.05) is 0 Å². The van der Waals surface area contributed by atoms with E-state index in [-0.39, 0.29) is 16.2 Å². The molecule has 0 radical (unpaired) electrons. The number of hydrogen-bond acceptors (Lipinski definition) is 4. The quantitative estimate of drug-likeness (QED) is 0.166. The van der Waals surface area contributed by atoms with E-state index in [0.717, 1.165) is 78.0 Å². The Morgan fingerprint density at radius 3 is 1.39 bits per heavy atom. The van der Waals surface area contributed by atoms with E-state index in [9.17, 15) is 0 Å². The first kappa shape index (κ1) is 43.0. The molecular formula is C67H56N2O2. The third-order valence-corrected chi connectivity index (χ3v) is 15.2. The molecule has 0 unspecified atom stereocenters. The molecule has 4 nitrogen and oxygen atoms in total. The molecule has 2 aromatic heterocycles. The van der Waals surface area contributed by atoms with Gasteiger partial charge < -0.3 is 18.6 Å². The molecular weight excluding hydrogens is 865 g/mol. The van der Waals surface area contributed by atoms with Crippen molar-refractivity contribution >= 4 is 99.5 Å². The van der Waals surface area contributed by atoms with Crippen molar-refractivity contribution in [2.45, 2.75) is 71.6 Å². The van der Waals surface area contributed by atoms with Gasteiger partial charge in [0.05, 0.1) is 17.1 Å². The van der Waals surface area contributed by atoms with Crippen molar-refractivity contribution in [1.29, 1.82) is 0 Å². The highest BCUT2D eigenvalue weighted by Crippen LogP contribution is 2.56. The summed E-state index contributed by atoms with van der Waals surface area (Å²) in [6.07, 6.45) is 0. The number of anilines is 6. The molecule has 0 atom stereocenters. The van der Waals surface area contributed by atoms with Crippen LogP contribution in [-0.4, -0.2) is 0 Å². The fourth-order valence-electron chi connectivity index (χ4n) is 11.8. The smallest absolute Gasteiger partial charge is 0.159 e. The summed E-state index contributed by atoms with van der Waals surface area (Å²) < 4.78 is 14.1. The molecule has 1 aliphatic rings. The van der Waals surface area contributed by atoms with Crippen molar-refractivity contribution in [2.24, 2.45) is 0 Å². The lowest BCUT2D eigenvalue weighted by Gasteiger charge is -2.29. The Kier molecular flexibility index (Phi) is 9.36. The van der Waals surface area contributed by atoms with E-state index < -0.39 is 0 Å². The second-order valence-electron chi connectivity index (χ2n) is 22.1. The maximum absolute atomic E-state index is 7.09. The van der Waals surface area contributed by atoms with E-state index in [1.165, 1.54) is 54.9 Å². The Morgan fingerprint density at radius 1 is 0.352 bits per heavy atom. The zero-order valence-corrected chi connectivity index (χ0v) is 41.7. The molecule has 1 aliphatic carbocycles. The lowest BCUT2D eigenvalue weighted by atomic mass is 9.81. The van der Waals surface area contributed by atoms with Crippen molar-refractivity contribution in [3.8, 4) is 11.1 Å². The number of para-hydroxylation sites is 6. The molecule has 346 valence electrons. The van der Waals surface area contributed by atoms with Crippen LogP contribution in [0.25, 0.3) is 76.5 Å². The first-order chi connectivity index (χ1) is 34.3. The maximum Gasteiger partial charge on any atom is 0.159 e. The minimum absolute atomic E-state index is 0.0747. The van der Waals surface area contributed by atoms with Crippen LogP contribution in [-0.2, 0) is 16.2 Å². The van der Waals surface area contributed by atoms with E-state index in [0.29, 0.717) is 0 Å². The predicted molar refractivity (Wildman–Crippen MR) is 300 cm³/mol. The molecule has 0 saturated carbocycles. The van der Waals surface area contributed by atoms with Gasteiger partial charge in [0.1, 0.15) is 11.2 Å². The van der Waals surface area contributed by atoms with E-state index in [2.05, 4.69) is 259 Å². The standard InChI is InChI=1S/C67H56N2O2/c1-65(2,3)53-31-17-27-48-50-29-19-33-57(63(50)70-61(48)53)68(43-21-11-9-12-22-43)45-36-35-41-38-52-55(39-42(41)37-45)67(7,8)56-40-59(46-25-15-16-26-47(46)60(52)56)69(44-23-13-10-14-24-44)58-34-20-30-51-49-28-18-32-54(66(4,5)6)62(49)71-64(51)58/h9-40H,1-8H3. The van der Waals surface area contributed by atoms with Crippen LogP contribution in [0.5, 0.6) is 0 Å². The normalized spacial score (nSPS) is 13.5. The average Bonchev–Trinajstić information content (AvgIpc) is 4.02. The van der Waals surface area contributed by atoms with Gasteiger partial charge >= 0.3 is 0 Å². The Hall–Kier alpha value is -8.08. The third kappa shape index (κ3) is 6.57. The molecule has 71 heavy (non-hydrogen) atoms. The van der Waals surface area contributed by atoms with Gasteiger partial charge in [-0.1, -0.05) is 183 Å². The lowest BCUT2D eigenvalue weighted by molar-refractivity contribution is 0.572. The van der Waals surface area contributed by atoms with E-state index in [4.69, 9.17) is 8.83 Å². The highest BCUT2D eigenvalue weighted by molar-refractivity contribution is 6.16. The Balaban J connectivity index is 0.993. The van der Waals surface area contributed by atoms with Crippen LogP contribution in [0.2, 0.25) is 0 Å². The van der Waals surface area contributed by atoms with E-state index in [1.54, 1.807) is 0 Å². The molecule has 13 rings (SSSR count). The molecule has 0 amide bonds. The summed E-state index contributed by atoms with van der Waals surface area (Å²) in [5, 5.41) is 9.32. The van der Waals surface area contributed by atoms with Crippen molar-refractivity contribution < 1.29 is 8.83 Å². The fraction of sp³-hybridized carbons (Fsp3) is 0.164. The molecule has 0 N–H and O–H groups in total. The third-order valence-electron chi connectivity index (χ3n) is 15.2. The van der Waals surface area contributed by atoms with Gasteiger partial charge in [-0.3, -0.25) is 0 Å². The van der Waals surface area contributed by atoms with Crippen molar-refractivity contribution in [2.75, 3.05) is 9.80 Å². The van der Waals surface area contributed by atoms with Crippen LogP contribution >= 0.6 is 0 Å². The van der Waals surface area contributed by atoms with Crippen LogP contribution < -0.4 is 9.80 Å². The van der Waals surface area contributed by atoms with Crippen LogP contribution in [0.3, 0.4) is 0 Å². The highest BCUT2D eigenvalue weighted by atomic mass is 16.3. The first-order valence-electron chi connectivity index (χ1n) is 25.0. The molecule has 0 spiro atoms. The van der Waals surface area contributed by atoms with Gasteiger partial charge in [-0.15, -0.1) is 0 Å². The summed E-state index contributed by atoms with van der Waals surface area (Å²) in [6.45, 7) is 18.3. The van der Waals surface area contributed by atoms with Gasteiger partial charge in [0.25, 0.3) is 0 Å². The summed E-state index contributed by atoms with van der Waals surface area (Å²) >= 11 is 0. The minimum atomic E-state index is -0.327. The van der Waals surface area contributed by atoms with Crippen molar-refractivity contribution in [1.82, 2.24) is 0 Å². The van der Waals surface area contributed by atoms with Gasteiger partial charge in [0.2, 0.25) is 0 Å². The van der Waals surface area contributed by atoms with Gasteiger partial charge in [-0.2, -0.15) is 0 Å². The summed E-state index contributed by atoms with van der Waals surface area (Å²) in [4.78, 5) is 4.79. The van der Waals surface area contributed by atoms with Gasteiger partial charge in [-0.05, 0) is 116 Å². The molecule has 0 aliphatic heterocycles. The molecule has 10 aromatic carbocycles. The SMILES string of the molecule is CC(C)(C)c1cccc2c1oc1c(N(c3ccccc3)c3ccc4cc5c(cc4c3)C(C)(C)c3cc(N(c4ccccc4)c4cccc6c4oc4c(C(C)(C)C)cccc46)c4ccccc4c3-5)cccc12. The van der Waals surface area contributed by atoms with Crippen molar-refractivity contribution in [3.63, 3.8) is 0 Å². The summed E-state index contributed by atoms with van der Waals surface area (Å²) in [5.41, 5.74) is 17.2. The zero-order valence-electron chi connectivity index (χ0n) is 41.7. The van der Waals surface area contributed by atoms with Crippen LogP contribution in [0.4, 0.5) is 34.1 Å². The topological polar surface area (TPSA) is 32.8 Å². The Morgan fingerprint density at radius 2 is 0.831 bits per heavy atom. The summed E-state index contributed by atoms with van der Waals surface area (Å²) in [5.74, 6) is 0. The summed E-state index contributed by atoms with van der Waals surface area (Å²) in [7, 11) is 0. The fourth-order valence-corrected chi connectivity index (χ4v) is 11.8. The number of rotatable bonds is 6. The monoisotopic (exact) mass is 920 g/mol. The minimum Gasteiger partial charge on any atom is -0.454 e. The summed E-state index contributed by atoms with van der Waals surface area (Å²) in [6, 6.07) is 71.0. The number of hydrogen-bond donors (Lipinski definition) is 0. The second kappa shape index (κ2) is 15.5. The lowest BCUT2D eigenvalue weighted by Crippen LogP contribution is -2.17. The van der Waals surface area contributed by atoms with Gasteiger partial charge in [-0.25, -0.2) is 0 Å². The highest BCUT2D eigenvalue weighted by Gasteiger charge is 2.39. The predicted octanol–water partition coefficient (Wildman–Crippen LogP) is 19.6.